The van der Waals surface area contributed by atoms with Crippen LogP contribution in [0.1, 0.15) is 16.7 Å². The molecule has 9 aromatic rings. The number of aromatic hydroxyl groups is 3. The second kappa shape index (κ2) is 28.2. The SMILES string of the molecule is COc1ccc(Sc2ccccc2CNc2ccc(O)c(Cl)c2)cc1.O=[N+]([O-])c1ccc(Sc2ccccc2CNc2ccc(O)c(Cl)c2)cc1.Oc1ccc(NCc2ccccc2Sc2ccc(Cl)cc2)cc1Cl. The van der Waals surface area contributed by atoms with Crippen LogP contribution in [0.4, 0.5) is 22.7 Å². The molecular weight excluding hydrogens is 1090 g/mol. The van der Waals surface area contributed by atoms with Gasteiger partial charge in [-0.1, -0.05) is 136 Å². The Morgan fingerprint density at radius 2 is 0.773 bits per heavy atom. The number of nitrogens with one attached hydrogen (secondary N) is 3. The van der Waals surface area contributed by atoms with Crippen LogP contribution in [0.3, 0.4) is 0 Å². The highest BCUT2D eigenvalue weighted by molar-refractivity contribution is 8.00. The molecule has 17 heteroatoms. The quantitative estimate of drug-likeness (QED) is 0.0293. The van der Waals surface area contributed by atoms with Gasteiger partial charge in [0.25, 0.3) is 5.69 Å². The topological polar surface area (TPSA) is 149 Å². The van der Waals surface area contributed by atoms with Crippen LogP contribution in [0.25, 0.3) is 0 Å². The number of nitro benzene ring substituents is 1. The number of methoxy groups -OCH3 is 1. The zero-order chi connectivity index (χ0) is 53.1. The van der Waals surface area contributed by atoms with Crippen LogP contribution in [0, 0.1) is 10.1 Å². The van der Waals surface area contributed by atoms with E-state index in [0.29, 0.717) is 34.7 Å². The van der Waals surface area contributed by atoms with Crippen LogP contribution in [-0.4, -0.2) is 27.4 Å². The smallest absolute Gasteiger partial charge is 0.269 e. The lowest BCUT2D eigenvalue weighted by atomic mass is 10.2. The van der Waals surface area contributed by atoms with E-state index in [2.05, 4.69) is 40.2 Å². The molecule has 0 aliphatic rings. The first-order valence-electron chi connectivity index (χ1n) is 22.9. The van der Waals surface area contributed by atoms with Crippen molar-refractivity contribution in [2.24, 2.45) is 0 Å². The van der Waals surface area contributed by atoms with Crippen molar-refractivity contribution in [3.63, 3.8) is 0 Å². The first-order valence-corrected chi connectivity index (χ1v) is 26.8. The van der Waals surface area contributed by atoms with E-state index in [1.807, 2.05) is 97.1 Å². The maximum Gasteiger partial charge on any atom is 0.269 e. The van der Waals surface area contributed by atoms with Gasteiger partial charge in [0.05, 0.1) is 27.1 Å². The summed E-state index contributed by atoms with van der Waals surface area (Å²) in [6, 6.07) is 61.9. The molecule has 0 aromatic heterocycles. The van der Waals surface area contributed by atoms with Crippen molar-refractivity contribution in [2.45, 2.75) is 49.0 Å². The Labute approximate surface area is 468 Å². The lowest BCUT2D eigenvalue weighted by Crippen LogP contribution is -2.00. The van der Waals surface area contributed by atoms with E-state index in [4.69, 9.17) is 51.1 Å². The van der Waals surface area contributed by atoms with E-state index in [9.17, 15) is 25.4 Å². The van der Waals surface area contributed by atoms with Crippen LogP contribution in [0.2, 0.25) is 20.1 Å². The second-order valence-electron chi connectivity index (χ2n) is 16.1. The molecule has 9 aromatic carbocycles. The Hall–Kier alpha value is -6.81. The lowest BCUT2D eigenvalue weighted by Gasteiger charge is -2.12. The third-order valence-electron chi connectivity index (χ3n) is 10.8. The molecule has 9 rings (SSSR count). The number of halogens is 4. The van der Waals surface area contributed by atoms with Gasteiger partial charge in [-0.05, 0) is 150 Å². The van der Waals surface area contributed by atoms with E-state index < -0.39 is 4.92 Å². The summed E-state index contributed by atoms with van der Waals surface area (Å²) >= 11 is 28.7. The third-order valence-corrected chi connectivity index (χ3v) is 15.4. The number of phenols is 3. The summed E-state index contributed by atoms with van der Waals surface area (Å²) in [4.78, 5) is 17.0. The minimum atomic E-state index is -0.408. The fraction of sp³-hybridized carbons (Fsp3) is 0.0690. The maximum absolute atomic E-state index is 10.8. The van der Waals surface area contributed by atoms with Gasteiger partial charge in [-0.2, -0.15) is 0 Å². The molecule has 0 radical (unpaired) electrons. The van der Waals surface area contributed by atoms with Gasteiger partial charge in [0.2, 0.25) is 0 Å². The molecule has 10 nitrogen and oxygen atoms in total. The molecule has 0 aliphatic carbocycles. The van der Waals surface area contributed by atoms with E-state index in [-0.39, 0.29) is 22.9 Å². The summed E-state index contributed by atoms with van der Waals surface area (Å²) in [5.41, 5.74) is 6.07. The Morgan fingerprint density at radius 3 is 1.09 bits per heavy atom. The average molecular weight is 1140 g/mol. The highest BCUT2D eigenvalue weighted by Gasteiger charge is 2.11. The molecule has 382 valence electrons. The van der Waals surface area contributed by atoms with E-state index in [0.717, 1.165) is 53.0 Å². The number of phenolic OH excluding ortho intramolecular Hbond substituents is 3. The molecule has 0 saturated carbocycles. The molecule has 0 aliphatic heterocycles. The fourth-order valence-electron chi connectivity index (χ4n) is 6.85. The van der Waals surface area contributed by atoms with Crippen molar-refractivity contribution in [1.29, 1.82) is 0 Å². The number of hydrogen-bond donors (Lipinski definition) is 6. The predicted octanol–water partition coefficient (Wildman–Crippen LogP) is 18.0. The summed E-state index contributed by atoms with van der Waals surface area (Å²) in [5.74, 6) is 1.07. The van der Waals surface area contributed by atoms with E-state index >= 15 is 0 Å². The van der Waals surface area contributed by atoms with Crippen molar-refractivity contribution in [3.05, 3.63) is 247 Å². The average Bonchev–Trinajstić information content (AvgIpc) is 3.42. The number of nitrogens with zero attached hydrogens (tertiary/aromatic N) is 1. The molecule has 0 saturated heterocycles. The lowest BCUT2D eigenvalue weighted by molar-refractivity contribution is -0.384. The van der Waals surface area contributed by atoms with Crippen LogP contribution < -0.4 is 20.7 Å². The predicted molar refractivity (Wildman–Crippen MR) is 311 cm³/mol. The molecule has 0 spiro atoms. The maximum atomic E-state index is 10.8. The van der Waals surface area contributed by atoms with Gasteiger partial charge in [-0.15, -0.1) is 0 Å². The highest BCUT2D eigenvalue weighted by Crippen LogP contribution is 2.36. The molecule has 75 heavy (non-hydrogen) atoms. The van der Waals surface area contributed by atoms with Crippen molar-refractivity contribution in [3.8, 4) is 23.0 Å². The first-order chi connectivity index (χ1) is 36.3. The van der Waals surface area contributed by atoms with Gasteiger partial charge < -0.3 is 36.0 Å². The van der Waals surface area contributed by atoms with Gasteiger partial charge in [-0.3, -0.25) is 10.1 Å². The van der Waals surface area contributed by atoms with Gasteiger partial charge in [0, 0.05) is 83.2 Å². The van der Waals surface area contributed by atoms with Crippen LogP contribution in [0.15, 0.2) is 230 Å². The first kappa shape index (κ1) is 55.9. The van der Waals surface area contributed by atoms with Gasteiger partial charge in [-0.25, -0.2) is 0 Å². The summed E-state index contributed by atoms with van der Waals surface area (Å²) in [6.07, 6.45) is 0. The minimum absolute atomic E-state index is 0.0475. The Bertz CT molecular complexity index is 3320. The number of non-ortho nitro benzene ring substituents is 1. The van der Waals surface area contributed by atoms with Crippen molar-refractivity contribution in [2.75, 3.05) is 23.1 Å². The zero-order valence-corrected chi connectivity index (χ0v) is 45.4. The number of benzene rings is 9. The molecule has 0 amide bonds. The van der Waals surface area contributed by atoms with Gasteiger partial charge in [0.15, 0.2) is 0 Å². The summed E-state index contributed by atoms with van der Waals surface area (Å²) < 4.78 is 5.20. The molecule has 0 fully saturated rings. The molecule has 6 N–H and O–H groups in total. The Morgan fingerprint density at radius 1 is 0.453 bits per heavy atom. The molecular formula is C58H48Cl4N4O6S3. The van der Waals surface area contributed by atoms with Crippen molar-refractivity contribution < 1.29 is 25.0 Å². The Kier molecular flexibility index (Phi) is 21.0. The van der Waals surface area contributed by atoms with Crippen LogP contribution in [-0.2, 0) is 19.6 Å². The highest BCUT2D eigenvalue weighted by atomic mass is 35.5. The number of nitro groups is 1. The summed E-state index contributed by atoms with van der Waals surface area (Å²) in [5, 5.41) is 50.9. The molecule has 0 heterocycles. The van der Waals surface area contributed by atoms with E-state index in [1.54, 1.807) is 109 Å². The number of hydrogen-bond acceptors (Lipinski definition) is 12. The molecule has 0 bridgehead atoms. The largest absolute Gasteiger partial charge is 0.506 e. The second-order valence-corrected chi connectivity index (χ2v) is 21.1. The third kappa shape index (κ3) is 17.4. The minimum Gasteiger partial charge on any atom is -0.506 e. The van der Waals surface area contributed by atoms with Crippen LogP contribution >= 0.6 is 81.7 Å². The monoisotopic (exact) mass is 1130 g/mol. The van der Waals surface area contributed by atoms with Crippen LogP contribution in [0.5, 0.6) is 23.0 Å². The number of rotatable bonds is 17. The summed E-state index contributed by atoms with van der Waals surface area (Å²) in [7, 11) is 1.67. The number of ether oxygens (including phenoxy) is 1. The number of anilines is 3. The Balaban J connectivity index is 0.000000164. The zero-order valence-electron chi connectivity index (χ0n) is 39.9. The molecule has 0 unspecified atom stereocenters. The van der Waals surface area contributed by atoms with Gasteiger partial charge in [0.1, 0.15) is 23.0 Å². The fourth-order valence-corrected chi connectivity index (χ4v) is 10.4. The molecule has 0 atom stereocenters. The van der Waals surface area contributed by atoms with Crippen molar-refractivity contribution >= 4 is 104 Å². The normalized spacial score (nSPS) is 10.5. The summed E-state index contributed by atoms with van der Waals surface area (Å²) in [6.45, 7) is 1.91. The van der Waals surface area contributed by atoms with Gasteiger partial charge >= 0.3 is 0 Å². The van der Waals surface area contributed by atoms with E-state index in [1.165, 1.54) is 33.1 Å². The van der Waals surface area contributed by atoms with Crippen molar-refractivity contribution in [1.82, 2.24) is 0 Å². The standard InChI is InChI=1S/C20H18ClNO2S.C19H15Cl2NOS.C19H15ClN2O3S/c1-24-16-7-9-17(10-8-16)25-20-5-3-2-4-14(20)13-22-15-6-11-19(23)18(21)12-15;20-14-5-8-16(9-6-14)24-19-4-2-1-3-13(19)12-22-15-7-10-18(23)17(21)11-15;20-17-11-14(5-10-18(17)23)21-12-13-3-1-2-4-19(13)26-16-8-6-15(7-9-16)22(24)25/h2-12,22-23H,13H2,1H3;1-11,22-23H,12H2;1-11,21,23H,12H2.